The van der Waals surface area contributed by atoms with Gasteiger partial charge in [-0.25, -0.2) is 4.79 Å². The molecule has 0 aromatic heterocycles. The summed E-state index contributed by atoms with van der Waals surface area (Å²) < 4.78 is 0. The molecule has 0 amide bonds. The molecule has 0 aromatic carbocycles. The van der Waals surface area contributed by atoms with E-state index in [0.29, 0.717) is 0 Å². The zero-order valence-corrected chi connectivity index (χ0v) is 6.47. The van der Waals surface area contributed by atoms with E-state index >= 15 is 0 Å². The van der Waals surface area contributed by atoms with E-state index < -0.39 is 19.9 Å². The van der Waals surface area contributed by atoms with Gasteiger partial charge >= 0.3 is 5.97 Å². The van der Waals surface area contributed by atoms with Crippen LogP contribution in [0.4, 0.5) is 0 Å². The molecule has 5 heteroatoms. The fourth-order valence-electron chi connectivity index (χ4n) is 0.370. The number of ketones is 1. The highest BCUT2D eigenvalue weighted by Crippen LogP contribution is 2.23. The Morgan fingerprint density at radius 3 is 2.30 bits per heavy atom. The van der Waals surface area contributed by atoms with Gasteiger partial charge in [-0.3, -0.25) is 4.79 Å². The van der Waals surface area contributed by atoms with Crippen LogP contribution in [0.5, 0.6) is 0 Å². The van der Waals surface area contributed by atoms with Crippen LogP contribution in [0, 0.1) is 0 Å². The molecule has 0 fully saturated rings. The van der Waals surface area contributed by atoms with E-state index in [2.05, 4.69) is 0 Å². The summed E-state index contributed by atoms with van der Waals surface area (Å²) in [5, 5.41) is 8.07. The number of carboxylic acids is 1. The average Bonchev–Trinajstić information content (AvgIpc) is 1.82. The number of rotatable bonds is 4. The van der Waals surface area contributed by atoms with Crippen molar-refractivity contribution in [1.29, 1.82) is 0 Å². The Hall–Kier alpha value is -0.470. The second-order valence-electron chi connectivity index (χ2n) is 1.86. The van der Waals surface area contributed by atoms with Crippen LogP contribution >= 0.6 is 8.15 Å². The van der Waals surface area contributed by atoms with E-state index in [4.69, 9.17) is 10.00 Å². The number of carboxylic acid groups (broad SMARTS) is 1. The predicted octanol–water partition coefficient (Wildman–Crippen LogP) is 0.0492. The van der Waals surface area contributed by atoms with Crippen LogP contribution in [0.25, 0.3) is 0 Å². The lowest BCUT2D eigenvalue weighted by Gasteiger charge is -1.98. The molecule has 0 spiro atoms. The monoisotopic (exact) mass is 164 g/mol. The van der Waals surface area contributed by atoms with E-state index in [9.17, 15) is 9.59 Å². The summed E-state index contributed by atoms with van der Waals surface area (Å²) in [5.74, 6) is -2.25. The van der Waals surface area contributed by atoms with Gasteiger partial charge in [0.1, 0.15) is 0 Å². The topological polar surface area (TPSA) is 74.6 Å². The van der Waals surface area contributed by atoms with Crippen LogP contribution in [-0.4, -0.2) is 34.6 Å². The molecule has 2 N–H and O–H groups in total. The Bertz CT molecular complexity index is 143. The van der Waals surface area contributed by atoms with Crippen molar-refractivity contribution >= 4 is 19.9 Å². The zero-order valence-electron chi connectivity index (χ0n) is 5.57. The van der Waals surface area contributed by atoms with E-state index in [-0.39, 0.29) is 12.6 Å². The molecule has 1 unspecified atom stereocenters. The zero-order chi connectivity index (χ0) is 8.15. The lowest BCUT2D eigenvalue weighted by molar-refractivity contribution is -0.148. The normalized spacial score (nSPS) is 12.6. The number of hydrogen-bond acceptors (Lipinski definition) is 3. The maximum atomic E-state index is 10.3. The Labute approximate surface area is 59.7 Å². The number of carbonyl (C=O) groups excluding carboxylic acids is 1. The largest absolute Gasteiger partial charge is 0.476 e. The maximum absolute atomic E-state index is 10.3. The molecule has 0 rings (SSSR count). The minimum Gasteiger partial charge on any atom is -0.476 e. The summed E-state index contributed by atoms with van der Waals surface area (Å²) in [6.07, 6.45) is 0.217. The van der Waals surface area contributed by atoms with Crippen molar-refractivity contribution in [3.63, 3.8) is 0 Å². The number of aliphatic carboxylic acids is 1. The summed E-state index contributed by atoms with van der Waals surface area (Å²) in [5.41, 5.74) is 0. The highest BCUT2D eigenvalue weighted by molar-refractivity contribution is 7.50. The van der Waals surface area contributed by atoms with Crippen molar-refractivity contribution in [2.45, 2.75) is 6.42 Å². The number of carbonyl (C=O) groups is 2. The van der Waals surface area contributed by atoms with Gasteiger partial charge in [0, 0.05) is 14.6 Å². The van der Waals surface area contributed by atoms with Gasteiger partial charge < -0.3 is 10.00 Å². The summed E-state index contributed by atoms with van der Waals surface area (Å²) in [6.45, 7) is 1.57. The second-order valence-corrected chi connectivity index (χ2v) is 3.62. The second kappa shape index (κ2) is 4.36. The van der Waals surface area contributed by atoms with Crippen molar-refractivity contribution in [2.24, 2.45) is 0 Å². The number of hydrogen-bond donors (Lipinski definition) is 2. The van der Waals surface area contributed by atoms with Crippen molar-refractivity contribution in [3.05, 3.63) is 0 Å². The van der Waals surface area contributed by atoms with Crippen LogP contribution in [0.2, 0.25) is 0 Å². The van der Waals surface area contributed by atoms with Gasteiger partial charge in [-0.1, -0.05) is 0 Å². The minimum absolute atomic E-state index is 0.0615. The van der Waals surface area contributed by atoms with Crippen molar-refractivity contribution in [1.82, 2.24) is 0 Å². The van der Waals surface area contributed by atoms with Gasteiger partial charge in [-0.2, -0.15) is 0 Å². The first-order chi connectivity index (χ1) is 4.54. The maximum Gasteiger partial charge on any atom is 0.372 e. The Balaban J connectivity index is 3.50. The minimum atomic E-state index is -1.42. The fraction of sp³-hybridized carbons (Fsp3) is 0.600. The molecule has 0 saturated carbocycles. The molecular formula is C5H9O4P. The molecule has 4 nitrogen and oxygen atoms in total. The van der Waals surface area contributed by atoms with Gasteiger partial charge in [0.15, 0.2) is 0 Å². The van der Waals surface area contributed by atoms with E-state index in [1.54, 1.807) is 6.66 Å². The first kappa shape index (κ1) is 9.53. The Morgan fingerprint density at radius 2 is 2.00 bits per heavy atom. The van der Waals surface area contributed by atoms with Crippen molar-refractivity contribution < 1.29 is 19.6 Å². The van der Waals surface area contributed by atoms with Crippen molar-refractivity contribution in [2.75, 3.05) is 12.8 Å². The van der Waals surface area contributed by atoms with Gasteiger partial charge in [0.05, 0.1) is 0 Å². The first-order valence-electron chi connectivity index (χ1n) is 2.70. The molecule has 1 atom stereocenters. The van der Waals surface area contributed by atoms with E-state index in [1.807, 2.05) is 0 Å². The fourth-order valence-corrected chi connectivity index (χ4v) is 0.897. The molecule has 0 heterocycles. The van der Waals surface area contributed by atoms with Gasteiger partial charge in [-0.05, 0) is 12.8 Å². The molecule has 58 valence electrons. The lowest BCUT2D eigenvalue weighted by Crippen LogP contribution is -2.13. The summed E-state index contributed by atoms with van der Waals surface area (Å²) in [4.78, 5) is 28.9. The molecule has 0 aromatic rings. The molecular weight excluding hydrogens is 155 g/mol. The van der Waals surface area contributed by atoms with Gasteiger partial charge in [0.25, 0.3) is 0 Å². The third-order valence-corrected chi connectivity index (χ3v) is 1.77. The van der Waals surface area contributed by atoms with Crippen LogP contribution in [0.15, 0.2) is 0 Å². The van der Waals surface area contributed by atoms with Crippen molar-refractivity contribution in [3.8, 4) is 0 Å². The van der Waals surface area contributed by atoms with Crippen LogP contribution < -0.4 is 0 Å². The highest BCUT2D eigenvalue weighted by atomic mass is 31.1. The Kier molecular flexibility index (Phi) is 4.16. The van der Waals surface area contributed by atoms with Crippen LogP contribution in [0.1, 0.15) is 6.42 Å². The molecule has 0 aliphatic rings. The van der Waals surface area contributed by atoms with Crippen LogP contribution in [0.3, 0.4) is 0 Å². The molecule has 0 bridgehead atoms. The third-order valence-electron chi connectivity index (χ3n) is 0.901. The Morgan fingerprint density at radius 1 is 1.50 bits per heavy atom. The quantitative estimate of drug-likeness (QED) is 0.454. The highest BCUT2D eigenvalue weighted by Gasteiger charge is 2.11. The lowest BCUT2D eigenvalue weighted by atomic mass is 10.3. The SMILES string of the molecule is CP(O)CCC(=O)C(=O)O. The summed E-state index contributed by atoms with van der Waals surface area (Å²) in [7, 11) is -1.14. The molecule has 10 heavy (non-hydrogen) atoms. The molecule has 0 radical (unpaired) electrons. The smallest absolute Gasteiger partial charge is 0.372 e. The standard InChI is InChI=1S/C5H9O4P/c1-10(9)3-2-4(6)5(7)8/h9H,2-3H2,1H3,(H,7,8). The first-order valence-corrected chi connectivity index (χ1v) is 4.63. The number of Topliss-reactive ketones (excluding diaryl/α,β-unsaturated/α-hetero) is 1. The third kappa shape index (κ3) is 4.41. The molecule has 0 aliphatic carbocycles. The van der Waals surface area contributed by atoms with E-state index in [1.165, 1.54) is 0 Å². The van der Waals surface area contributed by atoms with E-state index in [0.717, 1.165) is 0 Å². The predicted molar refractivity (Wildman–Crippen MR) is 37.2 cm³/mol. The molecule has 0 saturated heterocycles. The van der Waals surface area contributed by atoms with Crippen LogP contribution in [-0.2, 0) is 9.59 Å². The molecule has 0 aliphatic heterocycles. The van der Waals surface area contributed by atoms with Gasteiger partial charge in [-0.15, -0.1) is 0 Å². The summed E-state index contributed by atoms with van der Waals surface area (Å²) in [6, 6.07) is 0. The average molecular weight is 164 g/mol. The summed E-state index contributed by atoms with van der Waals surface area (Å²) >= 11 is 0. The van der Waals surface area contributed by atoms with Gasteiger partial charge in [0.2, 0.25) is 5.78 Å².